The van der Waals surface area contributed by atoms with Gasteiger partial charge in [0, 0.05) is 29.2 Å². The second-order valence-electron chi connectivity index (χ2n) is 10.4. The van der Waals surface area contributed by atoms with Gasteiger partial charge < -0.3 is 15.2 Å². The van der Waals surface area contributed by atoms with Crippen molar-refractivity contribution in [3.63, 3.8) is 0 Å². The fraction of sp³-hybridized carbons (Fsp3) is 0.286. The van der Waals surface area contributed by atoms with E-state index in [0.717, 1.165) is 71.5 Å². The molecule has 1 atom stereocenters. The van der Waals surface area contributed by atoms with Crippen LogP contribution in [-0.2, 0) is 24.1 Å². The SMILES string of the molecule is CCc1cccc(CCC(O)CCCc2ccccc2)c1NC(=O)CC1c2ccccc2Oc2ccccc21. The van der Waals surface area contributed by atoms with E-state index in [2.05, 4.69) is 54.7 Å². The highest BCUT2D eigenvalue weighted by atomic mass is 16.5. The Morgan fingerprint density at radius 3 is 2.13 bits per heavy atom. The van der Waals surface area contributed by atoms with E-state index in [1.807, 2.05) is 54.6 Å². The number of anilines is 1. The van der Waals surface area contributed by atoms with Crippen molar-refractivity contribution in [1.29, 1.82) is 0 Å². The largest absolute Gasteiger partial charge is 0.457 e. The van der Waals surface area contributed by atoms with E-state index in [9.17, 15) is 9.90 Å². The number of benzene rings is 4. The highest BCUT2D eigenvalue weighted by molar-refractivity contribution is 5.93. The predicted octanol–water partition coefficient (Wildman–Crippen LogP) is 7.83. The third-order valence-corrected chi connectivity index (χ3v) is 7.67. The number of carbonyl (C=O) groups excluding carboxylic acids is 1. The Morgan fingerprint density at radius 2 is 1.44 bits per heavy atom. The Kier molecular flexibility index (Phi) is 8.75. The van der Waals surface area contributed by atoms with Crippen LogP contribution in [-0.4, -0.2) is 17.1 Å². The standard InChI is InChI=1S/C35H37NO3/c1-2-26-15-11-16-27(22-23-28(37)17-10-14-25-12-4-3-5-13-25)35(26)36-34(38)24-31-29-18-6-8-20-32(29)39-33-21-9-7-19-30(31)33/h3-9,11-13,15-16,18-21,28,31,37H,2,10,14,17,22-24H2,1H3,(H,36,38). The average molecular weight is 520 g/mol. The molecule has 0 aromatic heterocycles. The first kappa shape index (κ1) is 26.7. The van der Waals surface area contributed by atoms with Crippen LogP contribution in [0, 0.1) is 0 Å². The Balaban J connectivity index is 1.25. The van der Waals surface area contributed by atoms with Gasteiger partial charge in [0.05, 0.1) is 6.10 Å². The first-order chi connectivity index (χ1) is 19.1. The number of aliphatic hydroxyl groups is 1. The lowest BCUT2D eigenvalue weighted by Crippen LogP contribution is -2.20. The number of ether oxygens (including phenoxy) is 1. The van der Waals surface area contributed by atoms with Crippen LogP contribution in [0.3, 0.4) is 0 Å². The van der Waals surface area contributed by atoms with E-state index >= 15 is 0 Å². The lowest BCUT2D eigenvalue weighted by Gasteiger charge is -2.28. The Bertz CT molecular complexity index is 1350. The summed E-state index contributed by atoms with van der Waals surface area (Å²) in [5.74, 6) is 1.53. The molecule has 1 amide bonds. The molecule has 200 valence electrons. The summed E-state index contributed by atoms with van der Waals surface area (Å²) < 4.78 is 6.12. The highest BCUT2D eigenvalue weighted by Gasteiger charge is 2.29. The molecule has 1 aliphatic rings. The van der Waals surface area contributed by atoms with E-state index in [0.29, 0.717) is 12.8 Å². The zero-order valence-corrected chi connectivity index (χ0v) is 22.6. The molecular formula is C35H37NO3. The molecular weight excluding hydrogens is 482 g/mol. The maximum atomic E-state index is 13.5. The fourth-order valence-corrected chi connectivity index (χ4v) is 5.57. The summed E-state index contributed by atoms with van der Waals surface area (Å²) in [6, 6.07) is 32.6. The van der Waals surface area contributed by atoms with Gasteiger partial charge in [-0.3, -0.25) is 4.79 Å². The summed E-state index contributed by atoms with van der Waals surface area (Å²) in [5.41, 5.74) is 6.47. The van der Waals surface area contributed by atoms with Gasteiger partial charge in [0.25, 0.3) is 0 Å². The van der Waals surface area contributed by atoms with Crippen LogP contribution >= 0.6 is 0 Å². The van der Waals surface area contributed by atoms with Crippen molar-refractivity contribution in [2.24, 2.45) is 0 Å². The number of hydrogen-bond donors (Lipinski definition) is 2. The van der Waals surface area contributed by atoms with Gasteiger partial charge in [-0.15, -0.1) is 0 Å². The number of carbonyl (C=O) groups is 1. The number of para-hydroxylation sites is 3. The van der Waals surface area contributed by atoms with Gasteiger partial charge >= 0.3 is 0 Å². The molecule has 1 unspecified atom stereocenters. The van der Waals surface area contributed by atoms with Crippen LogP contribution in [0.15, 0.2) is 97.1 Å². The minimum Gasteiger partial charge on any atom is -0.457 e. The molecule has 0 aliphatic carbocycles. The van der Waals surface area contributed by atoms with Crippen LogP contribution in [0.2, 0.25) is 0 Å². The number of fused-ring (bicyclic) bond motifs is 2. The Hall–Kier alpha value is -3.89. The zero-order chi connectivity index (χ0) is 27.0. The Labute approximate surface area is 231 Å². The minimum absolute atomic E-state index is 0.0166. The molecule has 1 heterocycles. The monoisotopic (exact) mass is 519 g/mol. The summed E-state index contributed by atoms with van der Waals surface area (Å²) in [6.45, 7) is 2.11. The van der Waals surface area contributed by atoms with Gasteiger partial charge in [-0.25, -0.2) is 0 Å². The van der Waals surface area contributed by atoms with E-state index in [1.54, 1.807) is 0 Å². The number of nitrogens with one attached hydrogen (secondary N) is 1. The second kappa shape index (κ2) is 12.8. The number of aliphatic hydroxyl groups excluding tert-OH is 1. The molecule has 0 saturated carbocycles. The van der Waals surface area contributed by atoms with Gasteiger partial charge in [0.1, 0.15) is 11.5 Å². The first-order valence-electron chi connectivity index (χ1n) is 14.1. The van der Waals surface area contributed by atoms with Gasteiger partial charge in [-0.1, -0.05) is 91.9 Å². The maximum absolute atomic E-state index is 13.5. The van der Waals surface area contributed by atoms with E-state index in [4.69, 9.17) is 4.74 Å². The maximum Gasteiger partial charge on any atom is 0.225 e. The van der Waals surface area contributed by atoms with E-state index in [-0.39, 0.29) is 17.9 Å². The smallest absolute Gasteiger partial charge is 0.225 e. The molecule has 2 N–H and O–H groups in total. The van der Waals surface area contributed by atoms with Crippen molar-refractivity contribution >= 4 is 11.6 Å². The second-order valence-corrected chi connectivity index (χ2v) is 10.4. The molecule has 0 saturated heterocycles. The van der Waals surface area contributed by atoms with Crippen molar-refractivity contribution in [3.05, 3.63) is 125 Å². The minimum atomic E-state index is -0.363. The van der Waals surface area contributed by atoms with Gasteiger partial charge in [-0.05, 0) is 67.3 Å². The molecule has 4 aromatic rings. The van der Waals surface area contributed by atoms with Gasteiger partial charge in [0.15, 0.2) is 0 Å². The molecule has 39 heavy (non-hydrogen) atoms. The van der Waals surface area contributed by atoms with Crippen molar-refractivity contribution < 1.29 is 14.6 Å². The van der Waals surface area contributed by atoms with Crippen LogP contribution in [0.1, 0.15) is 66.3 Å². The number of rotatable bonds is 11. The average Bonchev–Trinajstić information content (AvgIpc) is 2.97. The van der Waals surface area contributed by atoms with Crippen molar-refractivity contribution in [3.8, 4) is 11.5 Å². The lowest BCUT2D eigenvalue weighted by atomic mass is 9.85. The zero-order valence-electron chi connectivity index (χ0n) is 22.6. The van der Waals surface area contributed by atoms with Gasteiger partial charge in [-0.2, -0.15) is 0 Å². The molecule has 0 fully saturated rings. The van der Waals surface area contributed by atoms with Crippen molar-refractivity contribution in [2.45, 2.75) is 63.9 Å². The third kappa shape index (κ3) is 6.58. The molecule has 5 rings (SSSR count). The topological polar surface area (TPSA) is 58.6 Å². The summed E-state index contributed by atoms with van der Waals surface area (Å²) in [7, 11) is 0. The Morgan fingerprint density at radius 1 is 0.795 bits per heavy atom. The normalized spacial score (nSPS) is 13.2. The first-order valence-corrected chi connectivity index (χ1v) is 14.1. The quantitative estimate of drug-likeness (QED) is 0.212. The molecule has 0 spiro atoms. The summed E-state index contributed by atoms with van der Waals surface area (Å²) in [6.07, 6.45) is 4.89. The molecule has 0 radical (unpaired) electrons. The predicted molar refractivity (Wildman–Crippen MR) is 158 cm³/mol. The molecule has 4 heteroatoms. The molecule has 4 nitrogen and oxygen atoms in total. The molecule has 1 aliphatic heterocycles. The van der Waals surface area contributed by atoms with Crippen LogP contribution in [0.5, 0.6) is 11.5 Å². The summed E-state index contributed by atoms with van der Waals surface area (Å²) in [5, 5.41) is 14.0. The van der Waals surface area contributed by atoms with Gasteiger partial charge in [0.2, 0.25) is 5.91 Å². The number of amides is 1. The highest BCUT2D eigenvalue weighted by Crippen LogP contribution is 2.45. The van der Waals surface area contributed by atoms with E-state index in [1.165, 1.54) is 5.56 Å². The summed E-state index contributed by atoms with van der Waals surface area (Å²) in [4.78, 5) is 13.5. The molecule has 4 aromatic carbocycles. The van der Waals surface area contributed by atoms with Crippen molar-refractivity contribution in [1.82, 2.24) is 0 Å². The van der Waals surface area contributed by atoms with Crippen LogP contribution < -0.4 is 10.1 Å². The third-order valence-electron chi connectivity index (χ3n) is 7.67. The number of hydrogen-bond acceptors (Lipinski definition) is 3. The van der Waals surface area contributed by atoms with Crippen LogP contribution in [0.25, 0.3) is 0 Å². The fourth-order valence-electron chi connectivity index (χ4n) is 5.57. The summed E-state index contributed by atoms with van der Waals surface area (Å²) >= 11 is 0. The van der Waals surface area contributed by atoms with Crippen LogP contribution in [0.4, 0.5) is 5.69 Å². The van der Waals surface area contributed by atoms with E-state index < -0.39 is 0 Å². The molecule has 0 bridgehead atoms. The number of aryl methyl sites for hydroxylation is 3. The van der Waals surface area contributed by atoms with Crippen molar-refractivity contribution in [2.75, 3.05) is 5.32 Å². The lowest BCUT2D eigenvalue weighted by molar-refractivity contribution is -0.116.